The Bertz CT molecular complexity index is 261. The van der Waals surface area contributed by atoms with Crippen LogP contribution in [0.5, 0.6) is 0 Å². The summed E-state index contributed by atoms with van der Waals surface area (Å²) >= 11 is 0. The molecule has 1 amide bonds. The van der Waals surface area contributed by atoms with E-state index in [0.29, 0.717) is 6.04 Å². The van der Waals surface area contributed by atoms with Crippen molar-refractivity contribution in [1.82, 2.24) is 4.90 Å². The van der Waals surface area contributed by atoms with Gasteiger partial charge in [-0.2, -0.15) is 0 Å². The van der Waals surface area contributed by atoms with E-state index in [9.17, 15) is 4.79 Å². The van der Waals surface area contributed by atoms with Crippen LogP contribution >= 0.6 is 0 Å². The first-order valence-electron chi connectivity index (χ1n) is 7.07. The molecule has 98 valence electrons. The zero-order valence-electron chi connectivity index (χ0n) is 11.2. The highest BCUT2D eigenvalue weighted by Gasteiger charge is 2.36. The van der Waals surface area contributed by atoms with Crippen molar-refractivity contribution in [2.45, 2.75) is 64.0 Å². The van der Waals surface area contributed by atoms with Crippen molar-refractivity contribution in [3.63, 3.8) is 0 Å². The fourth-order valence-electron chi connectivity index (χ4n) is 3.41. The molecule has 1 heterocycles. The molecule has 0 aromatic heterocycles. The summed E-state index contributed by atoms with van der Waals surface area (Å²) in [5.41, 5.74) is 0. The minimum Gasteiger partial charge on any atom is -0.372 e. The summed E-state index contributed by atoms with van der Waals surface area (Å²) < 4.78 is 5.17. The Hall–Kier alpha value is -0.570. The maximum Gasteiger partial charge on any atom is 0.251 e. The van der Waals surface area contributed by atoms with Gasteiger partial charge < -0.3 is 9.64 Å². The molecule has 2 aliphatic rings. The zero-order chi connectivity index (χ0) is 12.3. The van der Waals surface area contributed by atoms with Crippen molar-refractivity contribution in [3.05, 3.63) is 0 Å². The Morgan fingerprint density at radius 2 is 1.88 bits per heavy atom. The van der Waals surface area contributed by atoms with Gasteiger partial charge in [0.1, 0.15) is 6.10 Å². The Balaban J connectivity index is 1.98. The van der Waals surface area contributed by atoms with Crippen molar-refractivity contribution in [2.75, 3.05) is 13.7 Å². The molecular weight excluding hydrogens is 214 g/mol. The number of rotatable bonds is 3. The highest BCUT2D eigenvalue weighted by atomic mass is 16.5. The molecule has 17 heavy (non-hydrogen) atoms. The molecule has 3 nitrogen and oxygen atoms in total. The Labute approximate surface area is 105 Å². The average molecular weight is 239 g/mol. The van der Waals surface area contributed by atoms with Crippen LogP contribution in [0.25, 0.3) is 0 Å². The highest BCUT2D eigenvalue weighted by Crippen LogP contribution is 2.34. The van der Waals surface area contributed by atoms with Crippen molar-refractivity contribution < 1.29 is 9.53 Å². The van der Waals surface area contributed by atoms with Crippen molar-refractivity contribution >= 4 is 5.91 Å². The number of hydrogen-bond donors (Lipinski definition) is 0. The first-order valence-corrected chi connectivity index (χ1v) is 7.07. The minimum absolute atomic E-state index is 0.195. The van der Waals surface area contributed by atoms with Crippen LogP contribution in [-0.4, -0.2) is 36.6 Å². The van der Waals surface area contributed by atoms with E-state index < -0.39 is 0 Å². The predicted molar refractivity (Wildman–Crippen MR) is 67.8 cm³/mol. The number of carbonyl (C=O) groups is 1. The summed E-state index contributed by atoms with van der Waals surface area (Å²) in [6, 6.07) is 0.500. The van der Waals surface area contributed by atoms with Crippen LogP contribution in [0.3, 0.4) is 0 Å². The molecule has 3 heteroatoms. The number of carbonyl (C=O) groups excluding carboxylic acids is 1. The third-order valence-corrected chi connectivity index (χ3v) is 4.48. The topological polar surface area (TPSA) is 29.5 Å². The van der Waals surface area contributed by atoms with E-state index in [1.54, 1.807) is 7.11 Å². The maximum absolute atomic E-state index is 12.2. The Kier molecular flexibility index (Phi) is 4.43. The average Bonchev–Trinajstić information content (AvgIpc) is 2.87. The van der Waals surface area contributed by atoms with Crippen molar-refractivity contribution in [2.24, 2.45) is 5.92 Å². The summed E-state index contributed by atoms with van der Waals surface area (Å²) in [6.45, 7) is 2.80. The van der Waals surface area contributed by atoms with E-state index in [4.69, 9.17) is 4.74 Å². The lowest BCUT2D eigenvalue weighted by atomic mass is 9.83. The van der Waals surface area contributed by atoms with E-state index in [1.165, 1.54) is 44.9 Å². The Morgan fingerprint density at radius 3 is 2.53 bits per heavy atom. The molecule has 1 aliphatic carbocycles. The molecule has 0 spiro atoms. The van der Waals surface area contributed by atoms with Crippen LogP contribution in [0.2, 0.25) is 0 Å². The van der Waals surface area contributed by atoms with Gasteiger partial charge in [-0.3, -0.25) is 4.79 Å². The van der Waals surface area contributed by atoms with Crippen molar-refractivity contribution in [1.29, 1.82) is 0 Å². The van der Waals surface area contributed by atoms with Crippen LogP contribution < -0.4 is 0 Å². The monoisotopic (exact) mass is 239 g/mol. The molecule has 0 radical (unpaired) electrons. The zero-order valence-corrected chi connectivity index (χ0v) is 11.2. The molecule has 0 N–H and O–H groups in total. The van der Waals surface area contributed by atoms with Gasteiger partial charge in [-0.15, -0.1) is 0 Å². The molecule has 1 aliphatic heterocycles. The van der Waals surface area contributed by atoms with Crippen LogP contribution in [0.15, 0.2) is 0 Å². The van der Waals surface area contributed by atoms with Gasteiger partial charge >= 0.3 is 0 Å². The summed E-state index contributed by atoms with van der Waals surface area (Å²) in [4.78, 5) is 14.3. The van der Waals surface area contributed by atoms with Gasteiger partial charge in [-0.1, -0.05) is 19.3 Å². The second-order valence-corrected chi connectivity index (χ2v) is 5.52. The molecule has 2 fully saturated rings. The first-order chi connectivity index (χ1) is 8.24. The quantitative estimate of drug-likeness (QED) is 0.757. The third-order valence-electron chi connectivity index (χ3n) is 4.48. The molecule has 2 atom stereocenters. The number of ether oxygens (including phenoxy) is 1. The summed E-state index contributed by atoms with van der Waals surface area (Å²) in [7, 11) is 1.62. The van der Waals surface area contributed by atoms with E-state index in [-0.39, 0.29) is 12.0 Å². The fourth-order valence-corrected chi connectivity index (χ4v) is 3.41. The van der Waals surface area contributed by atoms with E-state index >= 15 is 0 Å². The first kappa shape index (κ1) is 12.9. The standard InChI is InChI=1S/C14H25NO2/c1-11(17-2)14(16)15-10-6-9-13(15)12-7-4-3-5-8-12/h11-13H,3-10H2,1-2H3. The molecule has 0 aromatic carbocycles. The van der Waals surface area contributed by atoms with Gasteiger partial charge in [0, 0.05) is 19.7 Å². The Morgan fingerprint density at radius 1 is 1.18 bits per heavy atom. The smallest absolute Gasteiger partial charge is 0.251 e. The van der Waals surface area contributed by atoms with E-state index in [2.05, 4.69) is 4.90 Å². The third kappa shape index (κ3) is 2.82. The number of hydrogen-bond acceptors (Lipinski definition) is 2. The molecular formula is C14H25NO2. The summed E-state index contributed by atoms with van der Waals surface area (Å²) in [5.74, 6) is 0.944. The predicted octanol–water partition coefficient (Wildman–Crippen LogP) is 2.59. The number of amides is 1. The fraction of sp³-hybridized carbons (Fsp3) is 0.929. The van der Waals surface area contributed by atoms with Gasteiger partial charge in [0.15, 0.2) is 0 Å². The van der Waals surface area contributed by atoms with Crippen LogP contribution in [-0.2, 0) is 9.53 Å². The lowest BCUT2D eigenvalue weighted by Gasteiger charge is -2.35. The highest BCUT2D eigenvalue weighted by molar-refractivity contribution is 5.81. The summed E-state index contributed by atoms with van der Waals surface area (Å²) in [6.07, 6.45) is 8.80. The van der Waals surface area contributed by atoms with Gasteiger partial charge in [0.05, 0.1) is 0 Å². The van der Waals surface area contributed by atoms with Gasteiger partial charge in [0.2, 0.25) is 0 Å². The second-order valence-electron chi connectivity index (χ2n) is 5.52. The van der Waals surface area contributed by atoms with Gasteiger partial charge in [-0.25, -0.2) is 0 Å². The van der Waals surface area contributed by atoms with Gasteiger partial charge in [-0.05, 0) is 38.5 Å². The molecule has 0 aromatic rings. The number of likely N-dealkylation sites (tertiary alicyclic amines) is 1. The second kappa shape index (κ2) is 5.85. The molecule has 1 saturated heterocycles. The van der Waals surface area contributed by atoms with E-state index in [0.717, 1.165) is 12.5 Å². The van der Waals surface area contributed by atoms with Crippen molar-refractivity contribution in [3.8, 4) is 0 Å². The van der Waals surface area contributed by atoms with Gasteiger partial charge in [0.25, 0.3) is 5.91 Å². The minimum atomic E-state index is -0.279. The normalized spacial score (nSPS) is 28.4. The van der Waals surface area contributed by atoms with Crippen LogP contribution in [0.4, 0.5) is 0 Å². The molecule has 2 rings (SSSR count). The van der Waals surface area contributed by atoms with Crippen LogP contribution in [0, 0.1) is 5.92 Å². The SMILES string of the molecule is COC(C)C(=O)N1CCCC1C1CCCCC1. The number of methoxy groups -OCH3 is 1. The number of nitrogens with zero attached hydrogens (tertiary/aromatic N) is 1. The lowest BCUT2D eigenvalue weighted by Crippen LogP contribution is -2.45. The maximum atomic E-state index is 12.2. The lowest BCUT2D eigenvalue weighted by molar-refractivity contribution is -0.143. The molecule has 2 unspecified atom stereocenters. The largest absolute Gasteiger partial charge is 0.372 e. The van der Waals surface area contributed by atoms with E-state index in [1.807, 2.05) is 6.92 Å². The molecule has 1 saturated carbocycles. The summed E-state index contributed by atoms with van der Waals surface area (Å²) in [5, 5.41) is 0. The molecule has 0 bridgehead atoms. The van der Waals surface area contributed by atoms with Crippen LogP contribution in [0.1, 0.15) is 51.9 Å².